The smallest absolute Gasteiger partial charge is 0.213 e. The predicted molar refractivity (Wildman–Crippen MR) is 90.0 cm³/mol. The first-order chi connectivity index (χ1) is 10.8. The highest BCUT2D eigenvalue weighted by molar-refractivity contribution is 5.77. The molecule has 122 valence electrons. The molecule has 1 aromatic rings. The third kappa shape index (κ3) is 5.92. The molecule has 5 heteroatoms. The Bertz CT molecular complexity index is 469. The van der Waals surface area contributed by atoms with Crippen molar-refractivity contribution in [3.8, 4) is 5.88 Å². The van der Waals surface area contributed by atoms with Crippen LogP contribution in [0.3, 0.4) is 0 Å². The van der Waals surface area contributed by atoms with Crippen LogP contribution in [-0.2, 0) is 6.54 Å². The minimum absolute atomic E-state index is 0.320. The molecule has 0 unspecified atom stereocenters. The first-order valence-corrected chi connectivity index (χ1v) is 8.43. The molecule has 1 aliphatic carbocycles. The highest BCUT2D eigenvalue weighted by atomic mass is 16.5. The summed E-state index contributed by atoms with van der Waals surface area (Å²) in [5.74, 6) is 1.21. The van der Waals surface area contributed by atoms with Crippen molar-refractivity contribution < 1.29 is 4.74 Å². The number of pyridine rings is 1. The van der Waals surface area contributed by atoms with Gasteiger partial charge in [0, 0.05) is 18.8 Å². The number of aromatic nitrogens is 1. The van der Waals surface area contributed by atoms with E-state index in [-0.39, 0.29) is 0 Å². The summed E-state index contributed by atoms with van der Waals surface area (Å²) >= 11 is 0. The number of unbranched alkanes of at least 4 members (excludes halogenated alkanes) is 1. The zero-order valence-corrected chi connectivity index (χ0v) is 13.6. The zero-order valence-electron chi connectivity index (χ0n) is 13.6. The Hall–Kier alpha value is -1.78. The lowest BCUT2D eigenvalue weighted by Gasteiger charge is -2.22. The average molecular weight is 304 g/mol. The third-order valence-corrected chi connectivity index (χ3v) is 3.91. The average Bonchev–Trinajstić information content (AvgIpc) is 2.55. The molecule has 0 radical (unpaired) electrons. The molecule has 1 aromatic heterocycles. The Kier molecular flexibility index (Phi) is 7.00. The summed E-state index contributed by atoms with van der Waals surface area (Å²) in [6.45, 7) is 3.58. The van der Waals surface area contributed by atoms with E-state index < -0.39 is 0 Å². The van der Waals surface area contributed by atoms with E-state index in [1.165, 1.54) is 19.3 Å². The maximum absolute atomic E-state index is 5.98. The molecule has 1 saturated carbocycles. The van der Waals surface area contributed by atoms with E-state index in [1.807, 2.05) is 12.1 Å². The molecule has 2 rings (SSSR count). The zero-order chi connectivity index (χ0) is 15.6. The van der Waals surface area contributed by atoms with Crippen molar-refractivity contribution in [2.75, 3.05) is 6.54 Å². The van der Waals surface area contributed by atoms with Crippen molar-refractivity contribution >= 4 is 5.96 Å². The molecule has 5 nitrogen and oxygen atoms in total. The Balaban J connectivity index is 1.83. The molecule has 1 fully saturated rings. The van der Waals surface area contributed by atoms with Gasteiger partial charge in [0.2, 0.25) is 5.88 Å². The molecule has 0 aliphatic heterocycles. The van der Waals surface area contributed by atoms with Crippen LogP contribution in [-0.4, -0.2) is 23.6 Å². The SMILES string of the molecule is CCCCNC(N)=NCc1ccnc(OC2CCCCC2)c1. The Morgan fingerprint density at radius 1 is 1.41 bits per heavy atom. The van der Waals surface area contributed by atoms with Crippen LogP contribution in [0.2, 0.25) is 0 Å². The first-order valence-electron chi connectivity index (χ1n) is 8.43. The van der Waals surface area contributed by atoms with Gasteiger partial charge in [0.05, 0.1) is 6.54 Å². The number of nitrogens with two attached hydrogens (primary N) is 1. The molecule has 22 heavy (non-hydrogen) atoms. The van der Waals surface area contributed by atoms with Gasteiger partial charge >= 0.3 is 0 Å². The number of hydrogen-bond acceptors (Lipinski definition) is 3. The van der Waals surface area contributed by atoms with E-state index in [9.17, 15) is 0 Å². The standard InChI is InChI=1S/C17H28N4O/c1-2-3-10-20-17(18)21-13-14-9-11-19-16(12-14)22-15-7-5-4-6-8-15/h9,11-12,15H,2-8,10,13H2,1H3,(H3,18,20,21). The highest BCUT2D eigenvalue weighted by Gasteiger charge is 2.15. The molecule has 0 amide bonds. The van der Waals surface area contributed by atoms with Gasteiger partial charge in [-0.3, -0.25) is 0 Å². The molecule has 0 saturated heterocycles. The molecule has 0 aromatic carbocycles. The summed E-state index contributed by atoms with van der Waals surface area (Å²) in [5, 5.41) is 3.11. The largest absolute Gasteiger partial charge is 0.474 e. The fourth-order valence-corrected chi connectivity index (χ4v) is 2.59. The van der Waals surface area contributed by atoms with Gasteiger partial charge in [0.15, 0.2) is 5.96 Å². The maximum Gasteiger partial charge on any atom is 0.213 e. The van der Waals surface area contributed by atoms with Gasteiger partial charge in [0.1, 0.15) is 6.10 Å². The fourth-order valence-electron chi connectivity index (χ4n) is 2.59. The second-order valence-electron chi connectivity index (χ2n) is 5.86. The van der Waals surface area contributed by atoms with Crippen molar-refractivity contribution in [3.05, 3.63) is 23.9 Å². The number of guanidine groups is 1. The molecule has 0 spiro atoms. The van der Waals surface area contributed by atoms with E-state index in [0.29, 0.717) is 24.5 Å². The molecule has 1 heterocycles. The van der Waals surface area contributed by atoms with E-state index >= 15 is 0 Å². The second-order valence-corrected chi connectivity index (χ2v) is 5.86. The van der Waals surface area contributed by atoms with Gasteiger partial charge in [-0.1, -0.05) is 19.8 Å². The van der Waals surface area contributed by atoms with Crippen molar-refractivity contribution in [3.63, 3.8) is 0 Å². The Morgan fingerprint density at radius 2 is 2.23 bits per heavy atom. The summed E-state index contributed by atoms with van der Waals surface area (Å²) < 4.78 is 5.98. The summed E-state index contributed by atoms with van der Waals surface area (Å²) in [4.78, 5) is 8.66. The maximum atomic E-state index is 5.98. The number of nitrogens with one attached hydrogen (secondary N) is 1. The van der Waals surface area contributed by atoms with Crippen molar-refractivity contribution in [1.82, 2.24) is 10.3 Å². The van der Waals surface area contributed by atoms with Gasteiger partial charge in [0.25, 0.3) is 0 Å². The number of nitrogens with zero attached hydrogens (tertiary/aromatic N) is 2. The summed E-state index contributed by atoms with van der Waals surface area (Å²) in [7, 11) is 0. The predicted octanol–water partition coefficient (Wildman–Crippen LogP) is 3.00. The minimum atomic E-state index is 0.320. The van der Waals surface area contributed by atoms with Crippen LogP contribution >= 0.6 is 0 Å². The monoisotopic (exact) mass is 304 g/mol. The van der Waals surface area contributed by atoms with Gasteiger partial charge in [-0.25, -0.2) is 9.98 Å². The summed E-state index contributed by atoms with van der Waals surface area (Å²) in [6.07, 6.45) is 10.5. The number of hydrogen-bond donors (Lipinski definition) is 2. The number of ether oxygens (including phenoxy) is 1. The molecule has 3 N–H and O–H groups in total. The van der Waals surface area contributed by atoms with Crippen LogP contribution in [0.4, 0.5) is 0 Å². The Morgan fingerprint density at radius 3 is 3.00 bits per heavy atom. The fraction of sp³-hybridized carbons (Fsp3) is 0.647. The summed E-state index contributed by atoms with van der Waals surface area (Å²) in [5.41, 5.74) is 6.91. The van der Waals surface area contributed by atoms with E-state index in [1.54, 1.807) is 6.20 Å². The molecule has 0 atom stereocenters. The van der Waals surface area contributed by atoms with Crippen molar-refractivity contribution in [1.29, 1.82) is 0 Å². The van der Waals surface area contributed by atoms with Crippen LogP contribution in [0, 0.1) is 0 Å². The van der Waals surface area contributed by atoms with E-state index in [2.05, 4.69) is 22.2 Å². The molecular formula is C17H28N4O. The van der Waals surface area contributed by atoms with Crippen molar-refractivity contribution in [2.24, 2.45) is 10.7 Å². The van der Waals surface area contributed by atoms with Crippen LogP contribution in [0.15, 0.2) is 23.3 Å². The third-order valence-electron chi connectivity index (χ3n) is 3.91. The van der Waals surface area contributed by atoms with Crippen LogP contribution in [0.25, 0.3) is 0 Å². The lowest BCUT2D eigenvalue weighted by molar-refractivity contribution is 0.148. The summed E-state index contributed by atoms with van der Waals surface area (Å²) in [6, 6.07) is 3.92. The van der Waals surface area contributed by atoms with E-state index in [4.69, 9.17) is 10.5 Å². The molecular weight excluding hydrogens is 276 g/mol. The van der Waals surface area contributed by atoms with Crippen LogP contribution < -0.4 is 15.8 Å². The highest BCUT2D eigenvalue weighted by Crippen LogP contribution is 2.22. The van der Waals surface area contributed by atoms with Gasteiger partial charge in [-0.2, -0.15) is 0 Å². The Labute approximate surface area is 133 Å². The first kappa shape index (κ1) is 16.6. The number of rotatable bonds is 7. The van der Waals surface area contributed by atoms with Crippen molar-refractivity contribution in [2.45, 2.75) is 64.5 Å². The normalized spacial score (nSPS) is 16.5. The quantitative estimate of drug-likeness (QED) is 0.461. The van der Waals surface area contributed by atoms with E-state index in [0.717, 1.165) is 37.8 Å². The molecule has 1 aliphatic rings. The van der Waals surface area contributed by atoms with Crippen LogP contribution in [0.5, 0.6) is 5.88 Å². The molecule has 0 bridgehead atoms. The minimum Gasteiger partial charge on any atom is -0.474 e. The number of aliphatic imine (C=N–C) groups is 1. The van der Waals surface area contributed by atoms with Gasteiger partial charge < -0.3 is 15.8 Å². The van der Waals surface area contributed by atoms with Crippen LogP contribution in [0.1, 0.15) is 57.4 Å². The second kappa shape index (κ2) is 9.28. The topological polar surface area (TPSA) is 72.5 Å². The lowest BCUT2D eigenvalue weighted by Crippen LogP contribution is -2.32. The van der Waals surface area contributed by atoms with Gasteiger partial charge in [-0.05, 0) is 43.7 Å². The van der Waals surface area contributed by atoms with Gasteiger partial charge in [-0.15, -0.1) is 0 Å². The lowest BCUT2D eigenvalue weighted by atomic mass is 9.98.